The van der Waals surface area contributed by atoms with Crippen molar-refractivity contribution in [2.24, 2.45) is 5.41 Å². The van der Waals surface area contributed by atoms with Crippen molar-refractivity contribution < 1.29 is 22.7 Å². The van der Waals surface area contributed by atoms with Crippen molar-refractivity contribution in [3.63, 3.8) is 0 Å². The molecule has 0 aromatic carbocycles. The molecule has 3 rings (SSSR count). The van der Waals surface area contributed by atoms with Crippen LogP contribution in [0.4, 0.5) is 18.9 Å². The molecule has 1 aromatic heterocycles. The third kappa shape index (κ3) is 4.35. The lowest BCUT2D eigenvalue weighted by molar-refractivity contribution is -0.192. The number of alkyl halides is 3. The molecule has 1 aliphatic carbocycles. The van der Waals surface area contributed by atoms with Crippen LogP contribution in [-0.2, 0) is 16.1 Å². The van der Waals surface area contributed by atoms with E-state index in [1.54, 1.807) is 20.0 Å². The zero-order chi connectivity index (χ0) is 21.4. The number of pyridine rings is 1. The van der Waals surface area contributed by atoms with Gasteiger partial charge in [0.25, 0.3) is 0 Å². The summed E-state index contributed by atoms with van der Waals surface area (Å²) < 4.78 is 45.2. The Hall–Kier alpha value is -2.27. The van der Waals surface area contributed by atoms with Crippen molar-refractivity contribution in [1.29, 1.82) is 0 Å². The maximum Gasteiger partial charge on any atom is 0.403 e. The number of carbonyl (C=O) groups is 1. The number of halogens is 3. The zero-order valence-electron chi connectivity index (χ0n) is 17.1. The molecule has 158 valence electrons. The maximum absolute atomic E-state index is 13.2. The normalized spacial score (nSPS) is 18.4. The highest BCUT2D eigenvalue weighted by molar-refractivity contribution is 5.87. The second-order valence-corrected chi connectivity index (χ2v) is 8.41. The minimum absolute atomic E-state index is 0.179. The molecule has 0 bridgehead atoms. The highest BCUT2D eigenvalue weighted by Gasteiger charge is 2.68. The van der Waals surface area contributed by atoms with E-state index in [0.717, 1.165) is 17.8 Å². The number of rotatable bonds is 3. The quantitative estimate of drug-likeness (QED) is 0.778. The van der Waals surface area contributed by atoms with Gasteiger partial charge in [-0.05, 0) is 52.5 Å². The molecule has 1 N–H and O–H groups in total. The van der Waals surface area contributed by atoms with Gasteiger partial charge in [-0.15, -0.1) is 0 Å². The second kappa shape index (κ2) is 7.52. The van der Waals surface area contributed by atoms with Gasteiger partial charge >= 0.3 is 6.18 Å². The van der Waals surface area contributed by atoms with E-state index in [0.29, 0.717) is 18.9 Å². The van der Waals surface area contributed by atoms with Gasteiger partial charge in [-0.25, -0.2) is 4.98 Å². The molecular weight excluding hydrogens is 383 g/mol. The molecule has 0 saturated heterocycles. The molecule has 8 heteroatoms. The summed E-state index contributed by atoms with van der Waals surface area (Å²) >= 11 is 0. The fourth-order valence-corrected chi connectivity index (χ4v) is 3.41. The van der Waals surface area contributed by atoms with Gasteiger partial charge in [0, 0.05) is 30.0 Å². The Labute approximate surface area is 169 Å². The van der Waals surface area contributed by atoms with Crippen molar-refractivity contribution in [1.82, 2.24) is 10.3 Å². The third-order valence-corrected chi connectivity index (χ3v) is 5.33. The van der Waals surface area contributed by atoms with Gasteiger partial charge in [0.15, 0.2) is 0 Å². The molecule has 0 spiro atoms. The van der Waals surface area contributed by atoms with E-state index in [9.17, 15) is 18.0 Å². The molecular formula is C21H26F3N3O2. The molecule has 0 unspecified atom stereocenters. The Morgan fingerprint density at radius 3 is 2.62 bits per heavy atom. The third-order valence-electron chi connectivity index (χ3n) is 5.33. The van der Waals surface area contributed by atoms with Crippen LogP contribution >= 0.6 is 0 Å². The summed E-state index contributed by atoms with van der Waals surface area (Å²) in [7, 11) is 0. The number of nitrogens with zero attached hydrogens (tertiary/aromatic N) is 2. The first-order valence-electron chi connectivity index (χ1n) is 9.72. The molecule has 1 aliphatic heterocycles. The summed E-state index contributed by atoms with van der Waals surface area (Å²) in [6.45, 7) is 9.05. The van der Waals surface area contributed by atoms with Gasteiger partial charge in [0.1, 0.15) is 11.1 Å². The topological polar surface area (TPSA) is 54.5 Å². The lowest BCUT2D eigenvalue weighted by Crippen LogP contribution is -2.49. The van der Waals surface area contributed by atoms with E-state index < -0.39 is 23.0 Å². The minimum atomic E-state index is -4.55. The molecule has 29 heavy (non-hydrogen) atoms. The van der Waals surface area contributed by atoms with Gasteiger partial charge in [-0.2, -0.15) is 13.2 Å². The van der Waals surface area contributed by atoms with E-state index in [2.05, 4.69) is 40.9 Å². The SMILES string of the molecule is CC(C)N1CCOCc2c1ccnc2C#CC(C)(C)NC(=O)C1(C(F)(F)F)CC1. The predicted molar refractivity (Wildman–Crippen MR) is 103 cm³/mol. The Morgan fingerprint density at radius 1 is 1.34 bits per heavy atom. The molecule has 2 heterocycles. The van der Waals surface area contributed by atoms with E-state index in [1.807, 2.05) is 6.07 Å². The number of carbonyl (C=O) groups excluding carboxylic acids is 1. The Balaban J connectivity index is 1.84. The molecule has 2 aliphatic rings. The van der Waals surface area contributed by atoms with Crippen LogP contribution < -0.4 is 10.2 Å². The van der Waals surface area contributed by atoms with Crippen LogP contribution in [0.1, 0.15) is 51.8 Å². The summed E-state index contributed by atoms with van der Waals surface area (Å²) in [5.74, 6) is 4.82. The first kappa shape index (κ1) is 21.4. The van der Waals surface area contributed by atoms with Crippen LogP contribution in [0.5, 0.6) is 0 Å². The number of fused-ring (bicyclic) bond motifs is 1. The number of ether oxygens (including phenoxy) is 1. The minimum Gasteiger partial charge on any atom is -0.375 e. The molecule has 0 atom stereocenters. The van der Waals surface area contributed by atoms with Crippen LogP contribution in [0.15, 0.2) is 12.3 Å². The first-order valence-corrected chi connectivity index (χ1v) is 9.72. The fraction of sp³-hybridized carbons (Fsp3) is 0.619. The zero-order valence-corrected chi connectivity index (χ0v) is 17.1. The van der Waals surface area contributed by atoms with Crippen LogP contribution in [0.2, 0.25) is 0 Å². The van der Waals surface area contributed by atoms with Gasteiger partial charge in [0.05, 0.1) is 18.8 Å². The van der Waals surface area contributed by atoms with Crippen LogP contribution in [0.25, 0.3) is 0 Å². The highest BCUT2D eigenvalue weighted by atomic mass is 19.4. The van der Waals surface area contributed by atoms with Crippen molar-refractivity contribution in [2.45, 2.75) is 64.9 Å². The van der Waals surface area contributed by atoms with Crippen molar-refractivity contribution in [2.75, 3.05) is 18.1 Å². The average Bonchev–Trinajstić information content (AvgIpc) is 3.43. The number of anilines is 1. The number of amides is 1. The fourth-order valence-electron chi connectivity index (χ4n) is 3.41. The lowest BCUT2D eigenvalue weighted by atomic mass is 10.0. The van der Waals surface area contributed by atoms with Gasteiger partial charge in [-0.3, -0.25) is 4.79 Å². The molecule has 0 radical (unpaired) electrons. The summed E-state index contributed by atoms with van der Waals surface area (Å²) in [6.07, 6.45) is -3.24. The first-order chi connectivity index (χ1) is 13.5. The van der Waals surface area contributed by atoms with Gasteiger partial charge in [0.2, 0.25) is 5.91 Å². The van der Waals surface area contributed by atoms with Crippen molar-refractivity contribution in [3.05, 3.63) is 23.5 Å². The number of hydrogen-bond acceptors (Lipinski definition) is 4. The van der Waals surface area contributed by atoms with E-state index in [4.69, 9.17) is 4.74 Å². The molecule has 1 amide bonds. The van der Waals surface area contributed by atoms with Crippen LogP contribution in [0.3, 0.4) is 0 Å². The maximum atomic E-state index is 13.2. The van der Waals surface area contributed by atoms with E-state index in [-0.39, 0.29) is 18.9 Å². The largest absolute Gasteiger partial charge is 0.403 e. The number of hydrogen-bond donors (Lipinski definition) is 1. The molecule has 1 aromatic rings. The predicted octanol–water partition coefficient (Wildman–Crippen LogP) is 3.42. The standard InChI is InChI=1S/C21H26F3N3O2/c1-14(2)27-11-12-29-13-15-16(25-10-6-17(15)27)5-7-19(3,4)26-18(28)20(8-9-20)21(22,23)24/h6,10,14H,8-9,11-13H2,1-4H3,(H,26,28). The van der Waals surface area contributed by atoms with E-state index in [1.165, 1.54) is 0 Å². The lowest BCUT2D eigenvalue weighted by Gasteiger charge is -2.28. The number of aromatic nitrogens is 1. The molecule has 1 saturated carbocycles. The van der Waals surface area contributed by atoms with Crippen molar-refractivity contribution in [3.8, 4) is 11.8 Å². The smallest absolute Gasteiger partial charge is 0.375 e. The van der Waals surface area contributed by atoms with Crippen LogP contribution in [-0.4, -0.2) is 41.8 Å². The summed E-state index contributed by atoms with van der Waals surface area (Å²) in [5, 5.41) is 2.45. The van der Waals surface area contributed by atoms with Crippen molar-refractivity contribution >= 4 is 11.6 Å². The highest BCUT2D eigenvalue weighted by Crippen LogP contribution is 2.57. The Kier molecular flexibility index (Phi) is 5.56. The monoisotopic (exact) mass is 409 g/mol. The summed E-state index contributed by atoms with van der Waals surface area (Å²) in [6, 6.07) is 2.19. The number of nitrogens with one attached hydrogen (secondary N) is 1. The average molecular weight is 409 g/mol. The van der Waals surface area contributed by atoms with Crippen LogP contribution in [0, 0.1) is 17.3 Å². The second-order valence-electron chi connectivity index (χ2n) is 8.41. The van der Waals surface area contributed by atoms with E-state index >= 15 is 0 Å². The molecule has 1 fully saturated rings. The summed E-state index contributed by atoms with van der Waals surface area (Å²) in [4.78, 5) is 18.8. The Bertz CT molecular complexity index is 849. The van der Waals surface area contributed by atoms with Gasteiger partial charge < -0.3 is 15.0 Å². The van der Waals surface area contributed by atoms with Gasteiger partial charge in [-0.1, -0.05) is 5.92 Å². The summed E-state index contributed by atoms with van der Waals surface area (Å²) in [5.41, 5.74) is -1.05. The Morgan fingerprint density at radius 2 is 2.03 bits per heavy atom. The molecule has 5 nitrogen and oxygen atoms in total.